The predicted molar refractivity (Wildman–Crippen MR) is 70.8 cm³/mol. The van der Waals surface area contributed by atoms with Crippen molar-refractivity contribution < 1.29 is 9.21 Å². The van der Waals surface area contributed by atoms with Gasteiger partial charge in [0, 0.05) is 24.7 Å². The molecule has 0 spiro atoms. The lowest BCUT2D eigenvalue weighted by Crippen LogP contribution is -2.57. The first kappa shape index (κ1) is 13.6. The van der Waals surface area contributed by atoms with Gasteiger partial charge in [0.25, 0.3) is 0 Å². The first-order chi connectivity index (χ1) is 9.02. The van der Waals surface area contributed by atoms with Crippen LogP contribution in [0.15, 0.2) is 4.42 Å². The summed E-state index contributed by atoms with van der Waals surface area (Å²) in [5, 5.41) is 14.9. The molecule has 0 aromatic carbocycles. The van der Waals surface area contributed by atoms with Crippen LogP contribution < -0.4 is 10.6 Å². The first-order valence-electron chi connectivity index (χ1n) is 6.23. The van der Waals surface area contributed by atoms with Crippen LogP contribution in [-0.2, 0) is 4.79 Å². The number of nitrogens with zero attached hydrogens (tertiary/aromatic N) is 2. The molecule has 6 heteroatoms. The van der Waals surface area contributed by atoms with Crippen LogP contribution in [0.2, 0.25) is 0 Å². The van der Waals surface area contributed by atoms with Crippen LogP contribution in [0.3, 0.4) is 0 Å². The Balaban J connectivity index is 1.99. The van der Waals surface area contributed by atoms with Gasteiger partial charge >= 0.3 is 0 Å². The van der Waals surface area contributed by atoms with Gasteiger partial charge in [0.15, 0.2) is 0 Å². The number of nitriles is 1. The fourth-order valence-corrected chi connectivity index (χ4v) is 1.96. The van der Waals surface area contributed by atoms with E-state index in [-0.39, 0.29) is 18.3 Å². The van der Waals surface area contributed by atoms with E-state index in [9.17, 15) is 4.79 Å². The van der Waals surface area contributed by atoms with E-state index < -0.39 is 0 Å². The number of furan rings is 1. The molecule has 1 aromatic heterocycles. The van der Waals surface area contributed by atoms with Crippen molar-refractivity contribution in [3.05, 3.63) is 16.9 Å². The van der Waals surface area contributed by atoms with Crippen LogP contribution in [0.1, 0.15) is 16.9 Å². The van der Waals surface area contributed by atoms with Gasteiger partial charge in [-0.05, 0) is 20.9 Å². The Labute approximate surface area is 112 Å². The quantitative estimate of drug-likeness (QED) is 0.831. The summed E-state index contributed by atoms with van der Waals surface area (Å²) in [5.41, 5.74) is 1.17. The molecule has 1 aliphatic rings. The van der Waals surface area contributed by atoms with Gasteiger partial charge in [-0.15, -0.1) is 0 Å². The molecule has 1 fully saturated rings. The van der Waals surface area contributed by atoms with Gasteiger partial charge in [0.05, 0.1) is 6.54 Å². The highest BCUT2D eigenvalue weighted by atomic mass is 16.4. The molecular weight excluding hydrogens is 244 g/mol. The molecule has 0 unspecified atom stereocenters. The molecule has 2 rings (SSSR count). The van der Waals surface area contributed by atoms with E-state index in [1.165, 1.54) is 0 Å². The van der Waals surface area contributed by atoms with Gasteiger partial charge in [-0.25, -0.2) is 0 Å². The van der Waals surface area contributed by atoms with Gasteiger partial charge < -0.3 is 9.73 Å². The van der Waals surface area contributed by atoms with Crippen LogP contribution in [0.4, 0.5) is 5.88 Å². The van der Waals surface area contributed by atoms with Gasteiger partial charge in [-0.1, -0.05) is 0 Å². The van der Waals surface area contributed by atoms with Crippen molar-refractivity contribution >= 4 is 11.8 Å². The zero-order valence-electron chi connectivity index (χ0n) is 11.4. The number of aryl methyl sites for hydroxylation is 1. The smallest absolute Gasteiger partial charge is 0.240 e. The van der Waals surface area contributed by atoms with Crippen LogP contribution >= 0.6 is 0 Å². The minimum Gasteiger partial charge on any atom is -0.444 e. The first-order valence-corrected chi connectivity index (χ1v) is 6.23. The van der Waals surface area contributed by atoms with Crippen molar-refractivity contribution in [2.45, 2.75) is 19.9 Å². The molecule has 1 aromatic rings. The maximum atomic E-state index is 11.9. The molecule has 0 atom stereocenters. The summed E-state index contributed by atoms with van der Waals surface area (Å²) >= 11 is 0. The monoisotopic (exact) mass is 262 g/mol. The Kier molecular flexibility index (Phi) is 3.88. The van der Waals surface area contributed by atoms with Crippen molar-refractivity contribution in [1.82, 2.24) is 10.2 Å². The number of hydrogen-bond donors (Lipinski definition) is 2. The average molecular weight is 262 g/mol. The fourth-order valence-electron chi connectivity index (χ4n) is 1.96. The number of nitrogens with one attached hydrogen (secondary N) is 2. The normalized spacial score (nSPS) is 15.1. The maximum Gasteiger partial charge on any atom is 0.240 e. The molecule has 0 saturated carbocycles. The molecule has 102 valence electrons. The van der Waals surface area contributed by atoms with Gasteiger partial charge in [-0.2, -0.15) is 5.26 Å². The summed E-state index contributed by atoms with van der Waals surface area (Å²) < 4.78 is 5.40. The third-order valence-corrected chi connectivity index (χ3v) is 3.53. The number of hydrogen-bond acceptors (Lipinski definition) is 5. The van der Waals surface area contributed by atoms with Gasteiger partial charge in [0.2, 0.25) is 11.8 Å². The number of carbonyl (C=O) groups excluding carboxylic acids is 1. The highest BCUT2D eigenvalue weighted by Gasteiger charge is 2.24. The molecule has 1 saturated heterocycles. The lowest BCUT2D eigenvalue weighted by molar-refractivity contribution is -0.117. The van der Waals surface area contributed by atoms with Crippen LogP contribution in [0.25, 0.3) is 0 Å². The molecule has 1 aliphatic heterocycles. The van der Waals surface area contributed by atoms with Crippen molar-refractivity contribution in [3.8, 4) is 6.07 Å². The van der Waals surface area contributed by atoms with Crippen molar-refractivity contribution in [2.75, 3.05) is 32.0 Å². The van der Waals surface area contributed by atoms with Crippen molar-refractivity contribution in [1.29, 1.82) is 5.26 Å². The Morgan fingerprint density at radius 3 is 2.79 bits per heavy atom. The highest BCUT2D eigenvalue weighted by molar-refractivity contribution is 5.92. The van der Waals surface area contributed by atoms with Crippen molar-refractivity contribution in [2.24, 2.45) is 0 Å². The highest BCUT2D eigenvalue weighted by Crippen LogP contribution is 2.25. The van der Waals surface area contributed by atoms with Gasteiger partial charge in [0.1, 0.15) is 17.4 Å². The minimum atomic E-state index is -0.167. The van der Waals surface area contributed by atoms with E-state index in [0.717, 1.165) is 18.7 Å². The maximum absolute atomic E-state index is 11.9. The zero-order valence-corrected chi connectivity index (χ0v) is 11.4. The minimum absolute atomic E-state index is 0.167. The van der Waals surface area contributed by atoms with E-state index >= 15 is 0 Å². The Morgan fingerprint density at radius 1 is 1.58 bits per heavy atom. The van der Waals surface area contributed by atoms with E-state index in [1.54, 1.807) is 13.8 Å². The summed E-state index contributed by atoms with van der Waals surface area (Å²) in [6, 6.07) is 2.46. The third kappa shape index (κ3) is 2.78. The number of rotatable bonds is 4. The topological polar surface area (TPSA) is 81.3 Å². The predicted octanol–water partition coefficient (Wildman–Crippen LogP) is 0.610. The zero-order chi connectivity index (χ0) is 14.0. The van der Waals surface area contributed by atoms with E-state index in [4.69, 9.17) is 9.68 Å². The summed E-state index contributed by atoms with van der Waals surface area (Å²) in [6.45, 7) is 5.69. The molecule has 6 nitrogen and oxygen atoms in total. The lowest BCUT2D eigenvalue weighted by Gasteiger charge is -2.35. The average Bonchev–Trinajstić information content (AvgIpc) is 2.51. The third-order valence-electron chi connectivity index (χ3n) is 3.53. The van der Waals surface area contributed by atoms with Gasteiger partial charge in [-0.3, -0.25) is 15.0 Å². The lowest BCUT2D eigenvalue weighted by atomic mass is 10.1. The summed E-state index contributed by atoms with van der Waals surface area (Å²) in [6.07, 6.45) is 0. The van der Waals surface area contributed by atoms with E-state index in [2.05, 4.69) is 16.7 Å². The van der Waals surface area contributed by atoms with Crippen molar-refractivity contribution in [3.63, 3.8) is 0 Å². The molecule has 1 amide bonds. The number of anilines is 1. The largest absolute Gasteiger partial charge is 0.444 e. The fraction of sp³-hybridized carbons (Fsp3) is 0.538. The standard InChI is InChI=1S/C13H18N4O2/c1-8-9(2)19-13(11(8)4-14)16-12(18)7-17(3)10-5-15-6-10/h10,15H,5-7H2,1-3H3,(H,16,18). The second-order valence-corrected chi connectivity index (χ2v) is 4.87. The van der Waals surface area contributed by atoms with Crippen LogP contribution in [-0.4, -0.2) is 43.5 Å². The number of likely N-dealkylation sites (N-methyl/N-ethyl adjacent to an activating group) is 1. The molecule has 19 heavy (non-hydrogen) atoms. The summed E-state index contributed by atoms with van der Waals surface area (Å²) in [4.78, 5) is 13.9. The number of amides is 1. The molecule has 0 aliphatic carbocycles. The van der Waals surface area contributed by atoms with Crippen LogP contribution in [0, 0.1) is 25.2 Å². The molecule has 2 heterocycles. The summed E-state index contributed by atoms with van der Waals surface area (Å²) in [7, 11) is 1.91. The summed E-state index contributed by atoms with van der Waals surface area (Å²) in [5.74, 6) is 0.741. The van der Waals surface area contributed by atoms with E-state index in [1.807, 2.05) is 11.9 Å². The molecular formula is C13H18N4O2. The molecule has 0 bridgehead atoms. The Hall–Kier alpha value is -1.84. The Bertz CT molecular complexity index is 525. The SMILES string of the molecule is Cc1oc(NC(=O)CN(C)C2CNC2)c(C#N)c1C. The number of carbonyl (C=O) groups is 1. The second kappa shape index (κ2) is 5.43. The second-order valence-electron chi connectivity index (χ2n) is 4.87. The molecule has 2 N–H and O–H groups in total. The molecule has 0 radical (unpaired) electrons. The van der Waals surface area contributed by atoms with E-state index in [0.29, 0.717) is 17.4 Å². The Morgan fingerprint density at radius 2 is 2.26 bits per heavy atom. The van der Waals surface area contributed by atoms with Crippen LogP contribution in [0.5, 0.6) is 0 Å².